The number of unbranched alkanes of at least 4 members (excludes halogenated alkanes) is 1. The summed E-state index contributed by atoms with van der Waals surface area (Å²) in [7, 11) is 0. The Morgan fingerprint density at radius 1 is 1.33 bits per heavy atom. The van der Waals surface area contributed by atoms with E-state index in [1.165, 1.54) is 19.3 Å². The molecule has 0 bridgehead atoms. The van der Waals surface area contributed by atoms with Crippen LogP contribution in [0.2, 0.25) is 5.02 Å². The average Bonchev–Trinajstić information content (AvgIpc) is 2.49. The highest BCUT2D eigenvalue weighted by Gasteiger charge is 2.24. The molecule has 3 nitrogen and oxygen atoms in total. The molecule has 4 heteroatoms. The van der Waals surface area contributed by atoms with Crippen LogP contribution in [0.5, 0.6) is 0 Å². The molecule has 1 aliphatic carbocycles. The molecule has 0 spiro atoms. The van der Waals surface area contributed by atoms with Crippen LogP contribution in [-0.4, -0.2) is 23.7 Å². The first-order chi connectivity index (χ1) is 10.1. The summed E-state index contributed by atoms with van der Waals surface area (Å²) in [6, 6.07) is 5.70. The second-order valence-electron chi connectivity index (χ2n) is 5.81. The minimum atomic E-state index is -0.898. The van der Waals surface area contributed by atoms with Crippen molar-refractivity contribution in [2.75, 3.05) is 11.4 Å². The minimum Gasteiger partial charge on any atom is -0.478 e. The molecule has 0 aromatic heterocycles. The number of benzene rings is 1. The van der Waals surface area contributed by atoms with Gasteiger partial charge in [0, 0.05) is 17.6 Å². The number of hydrogen-bond acceptors (Lipinski definition) is 2. The van der Waals surface area contributed by atoms with Gasteiger partial charge >= 0.3 is 5.97 Å². The van der Waals surface area contributed by atoms with Crippen molar-refractivity contribution in [1.29, 1.82) is 0 Å². The number of halogens is 1. The van der Waals surface area contributed by atoms with Crippen molar-refractivity contribution in [2.45, 2.75) is 57.9 Å². The van der Waals surface area contributed by atoms with E-state index in [0.717, 1.165) is 37.9 Å². The second-order valence-corrected chi connectivity index (χ2v) is 6.24. The topological polar surface area (TPSA) is 40.5 Å². The molecule has 0 atom stereocenters. The fourth-order valence-electron chi connectivity index (χ4n) is 3.15. The van der Waals surface area contributed by atoms with Gasteiger partial charge in [0.25, 0.3) is 0 Å². The Labute approximate surface area is 131 Å². The van der Waals surface area contributed by atoms with Crippen molar-refractivity contribution >= 4 is 23.3 Å². The third-order valence-corrected chi connectivity index (χ3v) is 4.50. The molecular weight excluding hydrogens is 286 g/mol. The Morgan fingerprint density at radius 2 is 2.05 bits per heavy atom. The number of rotatable bonds is 6. The van der Waals surface area contributed by atoms with Crippen LogP contribution in [0.1, 0.15) is 62.2 Å². The Hall–Kier alpha value is -1.22. The molecule has 1 aromatic carbocycles. The number of carboxylic acid groups (broad SMARTS) is 1. The van der Waals surface area contributed by atoms with Crippen LogP contribution >= 0.6 is 11.6 Å². The molecule has 21 heavy (non-hydrogen) atoms. The van der Waals surface area contributed by atoms with Crippen molar-refractivity contribution in [3.63, 3.8) is 0 Å². The molecule has 2 rings (SSSR count). The van der Waals surface area contributed by atoms with E-state index >= 15 is 0 Å². The molecule has 1 fully saturated rings. The number of anilines is 1. The van der Waals surface area contributed by atoms with Gasteiger partial charge in [0.2, 0.25) is 0 Å². The first-order valence-corrected chi connectivity index (χ1v) is 8.30. The summed E-state index contributed by atoms with van der Waals surface area (Å²) in [5, 5.41) is 9.96. The predicted octanol–water partition coefficient (Wildman–Crippen LogP) is 4.98. The number of hydrogen-bond donors (Lipinski definition) is 1. The lowest BCUT2D eigenvalue weighted by Crippen LogP contribution is -2.38. The van der Waals surface area contributed by atoms with Gasteiger partial charge < -0.3 is 10.0 Å². The highest BCUT2D eigenvalue weighted by Crippen LogP contribution is 2.31. The van der Waals surface area contributed by atoms with Crippen LogP contribution in [-0.2, 0) is 0 Å². The molecule has 116 valence electrons. The van der Waals surface area contributed by atoms with E-state index in [2.05, 4.69) is 11.8 Å². The molecule has 1 saturated carbocycles. The van der Waals surface area contributed by atoms with Crippen LogP contribution in [0, 0.1) is 0 Å². The van der Waals surface area contributed by atoms with Gasteiger partial charge in [-0.3, -0.25) is 0 Å². The summed E-state index contributed by atoms with van der Waals surface area (Å²) in [6.07, 6.45) is 8.28. The van der Waals surface area contributed by atoms with E-state index in [4.69, 9.17) is 11.6 Å². The zero-order valence-corrected chi connectivity index (χ0v) is 13.4. The predicted molar refractivity (Wildman–Crippen MR) is 87.5 cm³/mol. The number of nitrogens with zero attached hydrogens (tertiary/aromatic N) is 1. The van der Waals surface area contributed by atoms with Gasteiger partial charge in [0.05, 0.1) is 11.3 Å². The van der Waals surface area contributed by atoms with Crippen molar-refractivity contribution in [3.05, 3.63) is 28.8 Å². The van der Waals surface area contributed by atoms with Gasteiger partial charge in [-0.05, 0) is 37.5 Å². The number of aromatic carboxylic acids is 1. The highest BCUT2D eigenvalue weighted by molar-refractivity contribution is 6.31. The smallest absolute Gasteiger partial charge is 0.337 e. The Kier molecular flexibility index (Phi) is 5.92. The van der Waals surface area contributed by atoms with Crippen LogP contribution in [0.4, 0.5) is 5.69 Å². The molecule has 0 saturated heterocycles. The minimum absolute atomic E-state index is 0.323. The zero-order chi connectivity index (χ0) is 15.2. The maximum Gasteiger partial charge on any atom is 0.337 e. The van der Waals surface area contributed by atoms with Crippen LogP contribution in [0.3, 0.4) is 0 Å². The van der Waals surface area contributed by atoms with Crippen molar-refractivity contribution < 1.29 is 9.90 Å². The summed E-state index contributed by atoms with van der Waals surface area (Å²) in [5.74, 6) is -0.898. The monoisotopic (exact) mass is 309 g/mol. The molecule has 1 aromatic rings. The molecule has 1 N–H and O–H groups in total. The molecule has 0 amide bonds. The van der Waals surface area contributed by atoms with E-state index in [-0.39, 0.29) is 0 Å². The average molecular weight is 310 g/mol. The Balaban J connectivity index is 2.32. The molecular formula is C17H24ClNO2. The maximum atomic E-state index is 11.5. The third-order valence-electron chi connectivity index (χ3n) is 4.27. The van der Waals surface area contributed by atoms with E-state index in [9.17, 15) is 9.90 Å². The van der Waals surface area contributed by atoms with Crippen molar-refractivity contribution in [3.8, 4) is 0 Å². The molecule has 0 radical (unpaired) electrons. The van der Waals surface area contributed by atoms with Crippen molar-refractivity contribution in [1.82, 2.24) is 0 Å². The lowest BCUT2D eigenvalue weighted by atomic mass is 9.93. The van der Waals surface area contributed by atoms with Crippen LogP contribution in [0.15, 0.2) is 18.2 Å². The lowest BCUT2D eigenvalue weighted by molar-refractivity contribution is 0.0697. The first kappa shape index (κ1) is 16.2. The fraction of sp³-hybridized carbons (Fsp3) is 0.588. The summed E-state index contributed by atoms with van der Waals surface area (Å²) in [5.41, 5.74) is 1.15. The normalized spacial score (nSPS) is 15.9. The number of carboxylic acids is 1. The highest BCUT2D eigenvalue weighted by atomic mass is 35.5. The van der Waals surface area contributed by atoms with Gasteiger partial charge in [-0.1, -0.05) is 44.2 Å². The molecule has 0 unspecified atom stereocenters. The van der Waals surface area contributed by atoms with Gasteiger partial charge in [-0.15, -0.1) is 0 Å². The van der Waals surface area contributed by atoms with Crippen LogP contribution in [0.25, 0.3) is 0 Å². The molecule has 0 aliphatic heterocycles. The van der Waals surface area contributed by atoms with Gasteiger partial charge in [-0.25, -0.2) is 4.79 Å². The first-order valence-electron chi connectivity index (χ1n) is 7.93. The van der Waals surface area contributed by atoms with Gasteiger partial charge in [0.15, 0.2) is 0 Å². The van der Waals surface area contributed by atoms with E-state index in [1.807, 2.05) is 6.07 Å². The second kappa shape index (κ2) is 7.69. The van der Waals surface area contributed by atoms with Crippen LogP contribution < -0.4 is 4.90 Å². The van der Waals surface area contributed by atoms with E-state index in [0.29, 0.717) is 16.6 Å². The summed E-state index contributed by atoms with van der Waals surface area (Å²) < 4.78 is 0. The SMILES string of the molecule is CCCCN(c1ccc(Cl)cc1C(=O)O)C1CCCCC1. The van der Waals surface area contributed by atoms with E-state index in [1.54, 1.807) is 12.1 Å². The fourth-order valence-corrected chi connectivity index (χ4v) is 3.32. The summed E-state index contributed by atoms with van der Waals surface area (Å²) in [6.45, 7) is 3.09. The summed E-state index contributed by atoms with van der Waals surface area (Å²) >= 11 is 5.97. The van der Waals surface area contributed by atoms with Gasteiger partial charge in [-0.2, -0.15) is 0 Å². The largest absolute Gasteiger partial charge is 0.478 e. The lowest BCUT2D eigenvalue weighted by Gasteiger charge is -2.37. The van der Waals surface area contributed by atoms with Gasteiger partial charge in [0.1, 0.15) is 0 Å². The van der Waals surface area contributed by atoms with Crippen molar-refractivity contribution in [2.24, 2.45) is 0 Å². The Bertz CT molecular complexity index is 484. The summed E-state index contributed by atoms with van der Waals surface area (Å²) in [4.78, 5) is 13.9. The number of carbonyl (C=O) groups is 1. The maximum absolute atomic E-state index is 11.5. The molecule has 1 aliphatic rings. The Morgan fingerprint density at radius 3 is 2.67 bits per heavy atom. The molecule has 0 heterocycles. The quantitative estimate of drug-likeness (QED) is 0.806. The zero-order valence-electron chi connectivity index (χ0n) is 12.6. The standard InChI is InChI=1S/C17H24ClNO2/c1-2-3-11-19(14-7-5-4-6-8-14)16-10-9-13(18)12-15(16)17(20)21/h9-10,12,14H,2-8,11H2,1H3,(H,20,21). The van der Waals surface area contributed by atoms with E-state index < -0.39 is 5.97 Å². The third kappa shape index (κ3) is 4.13.